The fraction of sp³-hybridized carbons (Fsp3) is 0.421. The molecule has 5 nitrogen and oxygen atoms in total. The van der Waals surface area contributed by atoms with Crippen LogP contribution in [0, 0.1) is 5.82 Å². The lowest BCUT2D eigenvalue weighted by Crippen LogP contribution is -2.50. The predicted molar refractivity (Wildman–Crippen MR) is 92.9 cm³/mol. The summed E-state index contributed by atoms with van der Waals surface area (Å²) in [5, 5.41) is 0. The second-order valence-electron chi connectivity index (χ2n) is 6.61. The van der Waals surface area contributed by atoms with Gasteiger partial charge in [0, 0.05) is 38.6 Å². The SMILES string of the molecule is O=C([C@@H]1CCCc2cccnc21)N1CCN(c2ncccc2F)CC1. The lowest BCUT2D eigenvalue weighted by Gasteiger charge is -2.37. The van der Waals surface area contributed by atoms with Crippen molar-refractivity contribution in [3.05, 3.63) is 53.7 Å². The average molecular weight is 340 g/mol. The van der Waals surface area contributed by atoms with Gasteiger partial charge < -0.3 is 9.80 Å². The highest BCUT2D eigenvalue weighted by atomic mass is 19.1. The summed E-state index contributed by atoms with van der Waals surface area (Å²) < 4.78 is 13.9. The lowest BCUT2D eigenvalue weighted by molar-refractivity contribution is -0.133. The standard InChI is InChI=1S/C19H21FN4O/c20-16-7-3-9-22-18(16)23-10-12-24(13-11-23)19(25)15-6-1-4-14-5-2-8-21-17(14)15/h2-3,5,7-9,15H,1,4,6,10-13H2/t15-/m1/s1. The zero-order valence-electron chi connectivity index (χ0n) is 14.1. The minimum Gasteiger partial charge on any atom is -0.351 e. The Hall–Kier alpha value is -2.50. The summed E-state index contributed by atoms with van der Waals surface area (Å²) >= 11 is 0. The molecule has 0 unspecified atom stereocenters. The molecule has 1 amide bonds. The molecule has 1 saturated heterocycles. The molecule has 0 saturated carbocycles. The maximum absolute atomic E-state index is 13.9. The van der Waals surface area contributed by atoms with Crippen LogP contribution >= 0.6 is 0 Å². The molecule has 0 aromatic carbocycles. The molecule has 1 aliphatic carbocycles. The Labute approximate surface area is 146 Å². The number of carbonyl (C=O) groups is 1. The van der Waals surface area contributed by atoms with Crippen LogP contribution in [0.3, 0.4) is 0 Å². The number of fused-ring (bicyclic) bond motifs is 1. The monoisotopic (exact) mass is 340 g/mol. The Morgan fingerprint density at radius 1 is 1.08 bits per heavy atom. The van der Waals surface area contributed by atoms with Gasteiger partial charge in [0.05, 0.1) is 11.6 Å². The molecule has 4 rings (SSSR count). The highest BCUT2D eigenvalue weighted by Gasteiger charge is 2.33. The van der Waals surface area contributed by atoms with E-state index in [0.29, 0.717) is 32.0 Å². The van der Waals surface area contributed by atoms with Crippen LogP contribution in [-0.4, -0.2) is 47.0 Å². The van der Waals surface area contributed by atoms with Crippen molar-refractivity contribution in [3.8, 4) is 0 Å². The molecule has 3 heterocycles. The van der Waals surface area contributed by atoms with E-state index in [1.807, 2.05) is 15.9 Å². The molecule has 130 valence electrons. The number of hydrogen-bond donors (Lipinski definition) is 0. The summed E-state index contributed by atoms with van der Waals surface area (Å²) in [4.78, 5) is 25.4. The van der Waals surface area contributed by atoms with Crippen molar-refractivity contribution in [1.82, 2.24) is 14.9 Å². The number of pyridine rings is 2. The van der Waals surface area contributed by atoms with Crippen LogP contribution in [0.4, 0.5) is 10.2 Å². The van der Waals surface area contributed by atoms with E-state index in [1.54, 1.807) is 18.5 Å². The molecule has 1 atom stereocenters. The lowest BCUT2D eigenvalue weighted by atomic mass is 9.85. The van der Waals surface area contributed by atoms with Gasteiger partial charge >= 0.3 is 0 Å². The number of halogens is 1. The number of aromatic nitrogens is 2. The highest BCUT2D eigenvalue weighted by Crippen LogP contribution is 2.31. The van der Waals surface area contributed by atoms with E-state index >= 15 is 0 Å². The minimum atomic E-state index is -0.312. The van der Waals surface area contributed by atoms with Crippen molar-refractivity contribution in [2.45, 2.75) is 25.2 Å². The molecule has 25 heavy (non-hydrogen) atoms. The summed E-state index contributed by atoms with van der Waals surface area (Å²) in [5.74, 6) is 0.0795. The second kappa shape index (κ2) is 6.78. The molecule has 0 N–H and O–H groups in total. The largest absolute Gasteiger partial charge is 0.351 e. The van der Waals surface area contributed by atoms with Crippen molar-refractivity contribution < 1.29 is 9.18 Å². The van der Waals surface area contributed by atoms with Gasteiger partial charge in [0.2, 0.25) is 5.91 Å². The van der Waals surface area contributed by atoms with Crippen LogP contribution in [-0.2, 0) is 11.2 Å². The number of carbonyl (C=O) groups excluding carboxylic acids is 1. The molecular formula is C19H21FN4O. The van der Waals surface area contributed by atoms with Gasteiger partial charge in [-0.1, -0.05) is 6.07 Å². The second-order valence-corrected chi connectivity index (χ2v) is 6.61. The Balaban J connectivity index is 1.45. The zero-order chi connectivity index (χ0) is 17.2. The molecular weight excluding hydrogens is 319 g/mol. The van der Waals surface area contributed by atoms with Crippen LogP contribution in [0.5, 0.6) is 0 Å². The zero-order valence-corrected chi connectivity index (χ0v) is 14.1. The van der Waals surface area contributed by atoms with E-state index in [1.165, 1.54) is 11.6 Å². The molecule has 2 aliphatic rings. The fourth-order valence-corrected chi connectivity index (χ4v) is 3.82. The summed E-state index contributed by atoms with van der Waals surface area (Å²) in [6.07, 6.45) is 6.25. The van der Waals surface area contributed by atoms with Gasteiger partial charge in [-0.2, -0.15) is 0 Å². The van der Waals surface area contributed by atoms with Crippen molar-refractivity contribution in [2.75, 3.05) is 31.1 Å². The smallest absolute Gasteiger partial charge is 0.231 e. The minimum absolute atomic E-state index is 0.136. The van der Waals surface area contributed by atoms with Gasteiger partial charge in [0.1, 0.15) is 0 Å². The quantitative estimate of drug-likeness (QED) is 0.842. The van der Waals surface area contributed by atoms with Gasteiger partial charge in [0.25, 0.3) is 0 Å². The maximum atomic E-state index is 13.9. The maximum Gasteiger partial charge on any atom is 0.231 e. The van der Waals surface area contributed by atoms with E-state index in [0.717, 1.165) is 25.0 Å². The summed E-state index contributed by atoms with van der Waals surface area (Å²) in [5.41, 5.74) is 2.14. The van der Waals surface area contributed by atoms with Gasteiger partial charge in [-0.15, -0.1) is 0 Å². The fourth-order valence-electron chi connectivity index (χ4n) is 3.82. The van der Waals surface area contributed by atoms with Gasteiger partial charge in [0.15, 0.2) is 11.6 Å². The highest BCUT2D eigenvalue weighted by molar-refractivity contribution is 5.84. The van der Waals surface area contributed by atoms with E-state index in [4.69, 9.17) is 0 Å². The first kappa shape index (κ1) is 16.0. The normalized spacial score (nSPS) is 20.3. The first-order chi connectivity index (χ1) is 12.2. The van der Waals surface area contributed by atoms with E-state index < -0.39 is 0 Å². The summed E-state index contributed by atoms with van der Waals surface area (Å²) in [6.45, 7) is 2.38. The number of amides is 1. The van der Waals surface area contributed by atoms with Crippen molar-refractivity contribution in [1.29, 1.82) is 0 Å². The van der Waals surface area contributed by atoms with Crippen LogP contribution < -0.4 is 4.90 Å². The Kier molecular flexibility index (Phi) is 4.34. The third kappa shape index (κ3) is 3.08. The molecule has 1 aliphatic heterocycles. The molecule has 2 aromatic heterocycles. The topological polar surface area (TPSA) is 49.3 Å². The number of hydrogen-bond acceptors (Lipinski definition) is 4. The van der Waals surface area contributed by atoms with Crippen LogP contribution in [0.15, 0.2) is 36.7 Å². The molecule has 0 radical (unpaired) electrons. The van der Waals surface area contributed by atoms with E-state index in [9.17, 15) is 9.18 Å². The van der Waals surface area contributed by atoms with E-state index in [-0.39, 0.29) is 17.6 Å². The number of piperazine rings is 1. The summed E-state index contributed by atoms with van der Waals surface area (Å²) in [6, 6.07) is 7.02. The number of rotatable bonds is 2. The first-order valence-electron chi connectivity index (χ1n) is 8.82. The average Bonchev–Trinajstić information content (AvgIpc) is 2.67. The molecule has 6 heteroatoms. The van der Waals surface area contributed by atoms with Crippen LogP contribution in [0.2, 0.25) is 0 Å². The Bertz CT molecular complexity index is 774. The van der Waals surface area contributed by atoms with Gasteiger partial charge in [-0.3, -0.25) is 9.78 Å². The molecule has 0 bridgehead atoms. The van der Waals surface area contributed by atoms with E-state index in [2.05, 4.69) is 16.0 Å². The molecule has 2 aromatic rings. The van der Waals surface area contributed by atoms with Gasteiger partial charge in [-0.25, -0.2) is 9.37 Å². The summed E-state index contributed by atoms with van der Waals surface area (Å²) in [7, 11) is 0. The van der Waals surface area contributed by atoms with Crippen LogP contribution in [0.1, 0.15) is 30.0 Å². The molecule has 1 fully saturated rings. The van der Waals surface area contributed by atoms with Crippen molar-refractivity contribution in [2.24, 2.45) is 0 Å². The third-order valence-electron chi connectivity index (χ3n) is 5.12. The number of aryl methyl sites for hydroxylation is 1. The Morgan fingerprint density at radius 2 is 1.84 bits per heavy atom. The van der Waals surface area contributed by atoms with Crippen molar-refractivity contribution in [3.63, 3.8) is 0 Å². The number of anilines is 1. The Morgan fingerprint density at radius 3 is 2.64 bits per heavy atom. The van der Waals surface area contributed by atoms with Crippen LogP contribution in [0.25, 0.3) is 0 Å². The van der Waals surface area contributed by atoms with Crippen molar-refractivity contribution >= 4 is 11.7 Å². The first-order valence-corrected chi connectivity index (χ1v) is 8.82. The number of nitrogens with zero attached hydrogens (tertiary/aromatic N) is 4. The van der Waals surface area contributed by atoms with Gasteiger partial charge in [-0.05, 0) is 43.0 Å². The predicted octanol–water partition coefficient (Wildman–Crippen LogP) is 2.38. The third-order valence-corrected chi connectivity index (χ3v) is 5.12. The molecule has 0 spiro atoms.